The Morgan fingerprint density at radius 2 is 1.29 bits per heavy atom. The van der Waals surface area contributed by atoms with E-state index in [4.69, 9.17) is 14.2 Å². The summed E-state index contributed by atoms with van der Waals surface area (Å²) in [5.74, 6) is -1.62. The molecule has 5 rings (SSSR count). The third-order valence-corrected chi connectivity index (χ3v) is 8.16. The predicted molar refractivity (Wildman–Crippen MR) is 148 cm³/mol. The van der Waals surface area contributed by atoms with Gasteiger partial charge in [0.15, 0.2) is 0 Å². The standard InChI is InChI=1S/C32H32O5S/c1-24-17-19-28(20-18-24)38(34)23-29-30(35-21-25-11-5-2-6-12-25)31(36-22-26-13-7-3-8-14-26)32(33,37-29)27-15-9-4-10-16-27/h2-20,29-31,33H,21-23H2,1H3/t29-,30+,31-,32?,38+/m0/s1. The Morgan fingerprint density at radius 1 is 0.763 bits per heavy atom. The Labute approximate surface area is 226 Å². The molecule has 0 spiro atoms. The summed E-state index contributed by atoms with van der Waals surface area (Å²) in [5, 5.41) is 12.0. The Kier molecular flexibility index (Phi) is 8.47. The molecule has 0 aliphatic carbocycles. The number of ether oxygens (including phenoxy) is 3. The zero-order valence-corrected chi connectivity index (χ0v) is 22.1. The summed E-state index contributed by atoms with van der Waals surface area (Å²) < 4.78 is 32.6. The number of aliphatic hydroxyl groups is 1. The summed E-state index contributed by atoms with van der Waals surface area (Å²) in [4.78, 5) is 0.706. The van der Waals surface area contributed by atoms with Crippen LogP contribution in [0.15, 0.2) is 120 Å². The average Bonchev–Trinajstić information content (AvgIpc) is 3.23. The maximum absolute atomic E-state index is 13.4. The lowest BCUT2D eigenvalue weighted by molar-refractivity contribution is -0.248. The molecule has 1 aliphatic rings. The number of hydrogen-bond acceptors (Lipinski definition) is 5. The van der Waals surface area contributed by atoms with Crippen LogP contribution in [0, 0.1) is 6.92 Å². The molecule has 1 heterocycles. The maximum Gasteiger partial charge on any atom is 0.222 e. The van der Waals surface area contributed by atoms with Crippen molar-refractivity contribution in [3.63, 3.8) is 0 Å². The van der Waals surface area contributed by atoms with Crippen molar-refractivity contribution >= 4 is 10.8 Å². The molecule has 1 unspecified atom stereocenters. The Morgan fingerprint density at radius 3 is 1.87 bits per heavy atom. The first-order chi connectivity index (χ1) is 18.5. The van der Waals surface area contributed by atoms with Gasteiger partial charge >= 0.3 is 0 Å². The lowest BCUT2D eigenvalue weighted by atomic mass is 9.97. The van der Waals surface area contributed by atoms with E-state index in [1.54, 1.807) is 0 Å². The molecular weight excluding hydrogens is 496 g/mol. The zero-order chi connectivity index (χ0) is 26.4. The lowest BCUT2D eigenvalue weighted by Gasteiger charge is -2.31. The van der Waals surface area contributed by atoms with Gasteiger partial charge in [-0.2, -0.15) is 0 Å². The van der Waals surface area contributed by atoms with Crippen molar-refractivity contribution in [2.24, 2.45) is 0 Å². The van der Waals surface area contributed by atoms with Gasteiger partial charge in [0.1, 0.15) is 18.3 Å². The van der Waals surface area contributed by atoms with E-state index >= 15 is 0 Å². The highest BCUT2D eigenvalue weighted by atomic mass is 32.2. The predicted octanol–water partition coefficient (Wildman–Crippen LogP) is 5.52. The quantitative estimate of drug-likeness (QED) is 0.294. The molecule has 4 aromatic rings. The number of aryl methyl sites for hydroxylation is 1. The smallest absolute Gasteiger partial charge is 0.222 e. The van der Waals surface area contributed by atoms with E-state index < -0.39 is 34.9 Å². The van der Waals surface area contributed by atoms with Gasteiger partial charge in [-0.15, -0.1) is 0 Å². The maximum atomic E-state index is 13.4. The summed E-state index contributed by atoms with van der Waals surface area (Å²) in [6.45, 7) is 2.57. The fraction of sp³-hybridized carbons (Fsp3) is 0.250. The van der Waals surface area contributed by atoms with Gasteiger partial charge in [-0.05, 0) is 30.2 Å². The van der Waals surface area contributed by atoms with Crippen LogP contribution in [0.4, 0.5) is 0 Å². The van der Waals surface area contributed by atoms with Crippen LogP contribution in [0.25, 0.3) is 0 Å². The number of rotatable bonds is 10. The Balaban J connectivity index is 1.47. The topological polar surface area (TPSA) is 65.0 Å². The molecule has 0 bridgehead atoms. The number of benzene rings is 4. The first-order valence-corrected chi connectivity index (χ1v) is 14.1. The van der Waals surface area contributed by atoms with Crippen LogP contribution in [0.1, 0.15) is 22.3 Å². The fourth-order valence-corrected chi connectivity index (χ4v) is 5.87. The highest BCUT2D eigenvalue weighted by Crippen LogP contribution is 2.42. The van der Waals surface area contributed by atoms with Crippen molar-refractivity contribution < 1.29 is 23.5 Å². The van der Waals surface area contributed by atoms with Gasteiger partial charge in [0, 0.05) is 10.5 Å². The molecule has 0 amide bonds. The van der Waals surface area contributed by atoms with Crippen LogP contribution < -0.4 is 0 Å². The van der Waals surface area contributed by atoms with E-state index in [-0.39, 0.29) is 12.4 Å². The molecular formula is C32H32O5S. The molecule has 38 heavy (non-hydrogen) atoms. The SMILES string of the molecule is Cc1ccc([S@](=O)C[C@@H]2OC(O)(c3ccccc3)[C@@H](OCc3ccccc3)[C@@H]2OCc2ccccc2)cc1. The Hall–Kier alpha value is -3.13. The third-order valence-electron chi connectivity index (χ3n) is 6.73. The van der Waals surface area contributed by atoms with Crippen LogP contribution in [-0.4, -0.2) is 33.4 Å². The fourth-order valence-electron chi connectivity index (χ4n) is 4.69. The monoisotopic (exact) mass is 528 g/mol. The van der Waals surface area contributed by atoms with Crippen molar-refractivity contribution in [2.75, 3.05) is 5.75 Å². The molecule has 1 fully saturated rings. The summed E-state index contributed by atoms with van der Waals surface area (Å²) in [6, 6.07) is 36.5. The van der Waals surface area contributed by atoms with Gasteiger partial charge in [-0.3, -0.25) is 4.21 Å². The molecule has 1 N–H and O–H groups in total. The van der Waals surface area contributed by atoms with Crippen LogP contribution in [0.3, 0.4) is 0 Å². The zero-order valence-electron chi connectivity index (χ0n) is 21.3. The molecule has 0 aromatic heterocycles. The van der Waals surface area contributed by atoms with Crippen LogP contribution in [-0.2, 0) is 44.0 Å². The minimum absolute atomic E-state index is 0.156. The summed E-state index contributed by atoms with van der Waals surface area (Å²) in [7, 11) is -1.37. The molecule has 5 atom stereocenters. The second-order valence-electron chi connectivity index (χ2n) is 9.52. The van der Waals surface area contributed by atoms with E-state index in [0.29, 0.717) is 17.1 Å². The van der Waals surface area contributed by atoms with E-state index in [1.165, 1.54) is 0 Å². The van der Waals surface area contributed by atoms with Gasteiger partial charge in [0.25, 0.3) is 0 Å². The minimum atomic E-state index is -1.78. The van der Waals surface area contributed by atoms with Crippen LogP contribution in [0.2, 0.25) is 0 Å². The van der Waals surface area contributed by atoms with Crippen LogP contribution >= 0.6 is 0 Å². The number of hydrogen-bond donors (Lipinski definition) is 1. The van der Waals surface area contributed by atoms with E-state index in [0.717, 1.165) is 16.7 Å². The van der Waals surface area contributed by atoms with Crippen molar-refractivity contribution in [3.8, 4) is 0 Å². The first kappa shape index (κ1) is 26.5. The molecule has 1 saturated heterocycles. The Bertz CT molecular complexity index is 1310. The largest absolute Gasteiger partial charge is 0.368 e. The molecule has 0 radical (unpaired) electrons. The van der Waals surface area contributed by atoms with Crippen molar-refractivity contribution in [1.82, 2.24) is 0 Å². The average molecular weight is 529 g/mol. The van der Waals surface area contributed by atoms with Gasteiger partial charge < -0.3 is 19.3 Å². The van der Waals surface area contributed by atoms with Crippen molar-refractivity contribution in [1.29, 1.82) is 0 Å². The molecule has 196 valence electrons. The van der Waals surface area contributed by atoms with Crippen molar-refractivity contribution in [2.45, 2.75) is 49.1 Å². The minimum Gasteiger partial charge on any atom is -0.368 e. The third kappa shape index (κ3) is 6.12. The van der Waals surface area contributed by atoms with Gasteiger partial charge in [0.05, 0.1) is 29.8 Å². The van der Waals surface area contributed by atoms with Gasteiger partial charge in [0.2, 0.25) is 5.79 Å². The van der Waals surface area contributed by atoms with Crippen LogP contribution in [0.5, 0.6) is 0 Å². The highest BCUT2D eigenvalue weighted by Gasteiger charge is 2.57. The normalized spacial score (nSPS) is 23.8. The lowest BCUT2D eigenvalue weighted by Crippen LogP contribution is -2.44. The molecule has 5 nitrogen and oxygen atoms in total. The first-order valence-electron chi connectivity index (χ1n) is 12.7. The second kappa shape index (κ2) is 12.2. The summed E-state index contributed by atoms with van der Waals surface area (Å²) in [5.41, 5.74) is 3.62. The van der Waals surface area contributed by atoms with Gasteiger partial charge in [-0.1, -0.05) is 109 Å². The highest BCUT2D eigenvalue weighted by molar-refractivity contribution is 7.85. The second-order valence-corrected chi connectivity index (χ2v) is 11.0. The molecule has 4 aromatic carbocycles. The van der Waals surface area contributed by atoms with Gasteiger partial charge in [-0.25, -0.2) is 0 Å². The van der Waals surface area contributed by atoms with Crippen molar-refractivity contribution in [3.05, 3.63) is 138 Å². The molecule has 0 saturated carbocycles. The van der Waals surface area contributed by atoms with E-state index in [9.17, 15) is 9.32 Å². The summed E-state index contributed by atoms with van der Waals surface area (Å²) >= 11 is 0. The summed E-state index contributed by atoms with van der Waals surface area (Å²) in [6.07, 6.45) is -2.20. The molecule has 6 heteroatoms. The molecule has 1 aliphatic heterocycles. The van der Waals surface area contributed by atoms with E-state index in [1.807, 2.05) is 122 Å². The van der Waals surface area contributed by atoms with E-state index in [2.05, 4.69) is 0 Å².